The summed E-state index contributed by atoms with van der Waals surface area (Å²) < 4.78 is 34.0. The maximum atomic E-state index is 17.8. The number of carbonyl (C=O) groups excluding carboxylic acids is 6. The van der Waals surface area contributed by atoms with Crippen LogP contribution in [0.25, 0.3) is 0 Å². The quantitative estimate of drug-likeness (QED) is 0.0434. The van der Waals surface area contributed by atoms with Crippen LogP contribution in [0.2, 0.25) is 0 Å². The van der Waals surface area contributed by atoms with E-state index in [4.69, 9.17) is 14.2 Å². The van der Waals surface area contributed by atoms with Gasteiger partial charge in [0.25, 0.3) is 15.3 Å². The number of halogens is 1. The third-order valence-corrected chi connectivity index (χ3v) is 12.0. The molecule has 0 aromatic carbocycles. The number of carbonyl (C=O) groups is 6. The fourth-order valence-corrected chi connectivity index (χ4v) is 9.46. The highest BCUT2D eigenvalue weighted by atomic mass is 19.1. The Hall–Kier alpha value is -5.81. The Kier molecular flexibility index (Phi) is 14.0. The first-order valence-corrected chi connectivity index (χ1v) is 18.5. The number of Topliss-reactive ketones (excluding diaryl/α,β-unsaturated/α-hetero) is 1. The number of nitrogens with zero attached hydrogens (tertiary/aromatic N) is 3. The van der Waals surface area contributed by atoms with Crippen LogP contribution < -0.4 is 5.32 Å². The Morgan fingerprint density at radius 1 is 1.00 bits per heavy atom. The number of ketones is 2. The lowest BCUT2D eigenvalue weighted by atomic mass is 9.45. The molecular weight excluding hydrogens is 799 g/mol. The number of fused-ring (bicyclic) bond motifs is 5. The Morgan fingerprint density at radius 2 is 1.68 bits per heavy atom. The van der Waals surface area contributed by atoms with Crippen LogP contribution in [0.5, 0.6) is 0 Å². The highest BCUT2D eigenvalue weighted by Crippen LogP contribution is 2.71. The van der Waals surface area contributed by atoms with E-state index in [9.17, 15) is 64.2 Å². The van der Waals surface area contributed by atoms with E-state index < -0.39 is 149 Å². The third-order valence-electron chi connectivity index (χ3n) is 12.0. The van der Waals surface area contributed by atoms with Crippen LogP contribution in [0.3, 0.4) is 0 Å². The van der Waals surface area contributed by atoms with Gasteiger partial charge in [0.2, 0.25) is 11.7 Å². The molecule has 2 saturated carbocycles. The standard InChI is InChI=1S/C35H45FN4O19/c1-19-12-25-24-8-7-21-13-22(42)9-10-32(21,3)34(24,36)27(43)15-33(25,4)35(19,58-29(45)6-5-11-56-38(48)49)28(44)18-54-30(46)14-26(37-20(2)41)31(47)55-16-23(59-40(52)53)17-57-39(50)51/h7,9-10,19,23-27,43H,5-6,8,11-18H2,1-4H3,(H,37,41)/t19-,23?,24?,25?,26?,27+,32+,33+,34+,35+/m1/s1. The molecule has 23 nitrogen and oxygen atoms in total. The van der Waals surface area contributed by atoms with Crippen molar-refractivity contribution in [3.05, 3.63) is 54.1 Å². The zero-order valence-corrected chi connectivity index (χ0v) is 32.5. The van der Waals surface area contributed by atoms with Gasteiger partial charge >= 0.3 is 17.9 Å². The van der Waals surface area contributed by atoms with E-state index in [1.54, 1.807) is 26.8 Å². The summed E-state index contributed by atoms with van der Waals surface area (Å²) in [5.74, 6) is -8.31. The molecule has 0 spiro atoms. The molecular formula is C35H45FN4O19. The van der Waals surface area contributed by atoms with E-state index >= 15 is 4.39 Å². The van der Waals surface area contributed by atoms with Crippen molar-refractivity contribution in [2.24, 2.45) is 28.6 Å². The molecule has 2 fully saturated rings. The number of alkyl halides is 1. The second-order valence-corrected chi connectivity index (χ2v) is 15.4. The van der Waals surface area contributed by atoms with E-state index in [-0.39, 0.29) is 31.5 Å². The number of aliphatic hydroxyl groups is 1. The zero-order valence-electron chi connectivity index (χ0n) is 32.5. The zero-order chi connectivity index (χ0) is 44.1. The molecule has 4 aliphatic rings. The lowest BCUT2D eigenvalue weighted by Crippen LogP contribution is -2.69. The van der Waals surface area contributed by atoms with Gasteiger partial charge in [-0.15, -0.1) is 30.3 Å². The van der Waals surface area contributed by atoms with E-state index in [2.05, 4.69) is 19.8 Å². The van der Waals surface area contributed by atoms with Crippen molar-refractivity contribution in [2.45, 2.75) is 102 Å². The average molecular weight is 845 g/mol. The number of esters is 3. The smallest absolute Gasteiger partial charge is 0.329 e. The van der Waals surface area contributed by atoms with E-state index in [0.29, 0.717) is 5.57 Å². The topological polar surface area (TPSA) is 319 Å². The first-order chi connectivity index (χ1) is 27.5. The lowest BCUT2D eigenvalue weighted by Gasteiger charge is -2.62. The number of allylic oxidation sites excluding steroid dienone is 4. The molecule has 0 radical (unpaired) electrons. The fraction of sp³-hybridized carbons (Fsp3) is 0.714. The van der Waals surface area contributed by atoms with E-state index in [1.807, 2.05) is 0 Å². The number of aliphatic hydroxyl groups excluding tert-OH is 1. The van der Waals surface area contributed by atoms with Crippen LogP contribution >= 0.6 is 0 Å². The number of ether oxygens (including phenoxy) is 3. The summed E-state index contributed by atoms with van der Waals surface area (Å²) in [5, 5.41) is 42.2. The number of hydrogen-bond acceptors (Lipinski definition) is 19. The van der Waals surface area contributed by atoms with Crippen LogP contribution in [-0.2, 0) is 57.5 Å². The molecule has 0 bridgehead atoms. The van der Waals surface area contributed by atoms with Crippen molar-refractivity contribution in [3.63, 3.8) is 0 Å². The molecule has 0 heterocycles. The van der Waals surface area contributed by atoms with Gasteiger partial charge in [0.1, 0.15) is 19.3 Å². The van der Waals surface area contributed by atoms with Crippen LogP contribution in [0.15, 0.2) is 23.8 Å². The summed E-state index contributed by atoms with van der Waals surface area (Å²) >= 11 is 0. The molecule has 4 aliphatic carbocycles. The molecule has 0 aromatic heterocycles. The Bertz CT molecular complexity index is 1810. The summed E-state index contributed by atoms with van der Waals surface area (Å²) in [6.07, 6.45) is -1.05. The molecule has 4 rings (SSSR count). The first kappa shape index (κ1) is 45.9. The van der Waals surface area contributed by atoms with Gasteiger partial charge in [-0.3, -0.25) is 24.0 Å². The molecule has 1 amide bonds. The number of nitrogens with one attached hydrogen (secondary N) is 1. The van der Waals surface area contributed by atoms with Gasteiger partial charge in [0, 0.05) is 42.4 Å². The first-order valence-electron chi connectivity index (χ1n) is 18.5. The van der Waals surface area contributed by atoms with Crippen molar-refractivity contribution < 1.29 is 82.2 Å². The van der Waals surface area contributed by atoms with Crippen molar-refractivity contribution in [3.8, 4) is 0 Å². The van der Waals surface area contributed by atoms with Gasteiger partial charge in [-0.1, -0.05) is 31.6 Å². The minimum atomic E-state index is -2.32. The SMILES string of the molecule is CC(=O)NC(CC(=O)OCC(=O)[C@@]1(OC(=O)CCCO[N+](=O)[O-])[C@H](C)CC2C3CC=C4CC(=O)C=C[C@]4(C)[C@@]3(F)[C@@H](O)C[C@@]21C)C(=O)OCC(CO[N+](=O)[O-])O[N+](=O)[O-]. The molecule has 0 aromatic rings. The number of rotatable bonds is 20. The second kappa shape index (κ2) is 18.0. The van der Waals surface area contributed by atoms with Crippen molar-refractivity contribution >= 4 is 35.4 Å². The number of hydrogen-bond donors (Lipinski definition) is 2. The van der Waals surface area contributed by atoms with Gasteiger partial charge in [-0.05, 0) is 44.6 Å². The predicted octanol–water partition coefficient (Wildman–Crippen LogP) is 1.21. The largest absolute Gasteiger partial charge is 0.462 e. The molecule has 24 heteroatoms. The predicted molar refractivity (Wildman–Crippen MR) is 188 cm³/mol. The summed E-state index contributed by atoms with van der Waals surface area (Å²) in [6.45, 7) is 2.07. The third kappa shape index (κ3) is 9.25. The summed E-state index contributed by atoms with van der Waals surface area (Å²) in [6, 6.07) is -1.82. The fourth-order valence-electron chi connectivity index (χ4n) is 9.46. The number of amides is 1. The van der Waals surface area contributed by atoms with Gasteiger partial charge in [0.05, 0.1) is 19.1 Å². The molecule has 2 N–H and O–H groups in total. The Morgan fingerprint density at radius 3 is 2.31 bits per heavy atom. The van der Waals surface area contributed by atoms with E-state index in [0.717, 1.165) is 6.92 Å². The molecule has 59 heavy (non-hydrogen) atoms. The van der Waals surface area contributed by atoms with Crippen LogP contribution in [0.4, 0.5) is 4.39 Å². The molecule has 0 saturated heterocycles. The highest BCUT2D eigenvalue weighted by molar-refractivity contribution is 5.95. The maximum absolute atomic E-state index is 17.8. The monoisotopic (exact) mass is 844 g/mol. The Labute approximate surface area is 334 Å². The summed E-state index contributed by atoms with van der Waals surface area (Å²) in [5.41, 5.74) is -6.90. The van der Waals surface area contributed by atoms with Crippen molar-refractivity contribution in [2.75, 3.05) is 26.4 Å². The summed E-state index contributed by atoms with van der Waals surface area (Å²) in [7, 11) is 0. The summed E-state index contributed by atoms with van der Waals surface area (Å²) in [4.78, 5) is 123. The molecule has 0 aliphatic heterocycles. The molecule has 10 atom stereocenters. The molecule has 4 unspecified atom stereocenters. The minimum absolute atomic E-state index is 0.0437. The van der Waals surface area contributed by atoms with Crippen molar-refractivity contribution in [1.29, 1.82) is 0 Å². The van der Waals surface area contributed by atoms with Gasteiger partial charge in [-0.25, -0.2) is 9.18 Å². The lowest BCUT2D eigenvalue weighted by molar-refractivity contribution is -0.790. The van der Waals surface area contributed by atoms with Gasteiger partial charge < -0.3 is 39.1 Å². The van der Waals surface area contributed by atoms with Crippen molar-refractivity contribution in [1.82, 2.24) is 5.32 Å². The maximum Gasteiger partial charge on any atom is 0.329 e. The minimum Gasteiger partial charge on any atom is -0.462 e. The van der Waals surface area contributed by atoms with Gasteiger partial charge in [0.15, 0.2) is 29.8 Å². The van der Waals surface area contributed by atoms with Gasteiger partial charge in [-0.2, -0.15) is 0 Å². The van der Waals surface area contributed by atoms with Crippen LogP contribution in [0.1, 0.15) is 72.6 Å². The van der Waals surface area contributed by atoms with Crippen LogP contribution in [-0.4, -0.2) is 112 Å². The highest BCUT2D eigenvalue weighted by Gasteiger charge is 2.77. The normalized spacial score (nSPS) is 31.4. The average Bonchev–Trinajstić information content (AvgIpc) is 3.35. The second-order valence-electron chi connectivity index (χ2n) is 15.4. The van der Waals surface area contributed by atoms with Crippen LogP contribution in [0, 0.1) is 58.9 Å². The molecule has 326 valence electrons. The Balaban J connectivity index is 1.59. The van der Waals surface area contributed by atoms with E-state index in [1.165, 1.54) is 12.2 Å².